The summed E-state index contributed by atoms with van der Waals surface area (Å²) < 4.78 is 66.6. The second-order valence-electron chi connectivity index (χ2n) is 8.15. The van der Waals surface area contributed by atoms with E-state index in [-0.39, 0.29) is 28.0 Å². The average Bonchev–Trinajstić information content (AvgIpc) is 3.44. The molecule has 32 heavy (non-hydrogen) atoms. The van der Waals surface area contributed by atoms with Crippen LogP contribution >= 0.6 is 0 Å². The zero-order valence-electron chi connectivity index (χ0n) is 17.4. The molecule has 0 aliphatic carbocycles. The summed E-state index contributed by atoms with van der Waals surface area (Å²) in [5.41, 5.74) is 0. The average molecular weight is 481 g/mol. The topological polar surface area (TPSA) is 91.8 Å². The maximum Gasteiger partial charge on any atom is 0.243 e. The Balaban J connectivity index is 1.55. The van der Waals surface area contributed by atoms with Crippen molar-refractivity contribution in [2.24, 2.45) is 0 Å². The Bertz CT molecular complexity index is 1200. The number of hydrogen-bond acceptors (Lipinski definition) is 5. The van der Waals surface area contributed by atoms with Gasteiger partial charge in [-0.3, -0.25) is 4.79 Å². The zero-order valence-corrected chi connectivity index (χ0v) is 19.1. The fraction of sp³-hybridized carbons (Fsp3) is 0.409. The summed E-state index contributed by atoms with van der Waals surface area (Å²) in [4.78, 5) is 14.9. The van der Waals surface area contributed by atoms with Crippen LogP contribution in [0, 0.1) is 5.82 Å². The molecule has 0 bridgehead atoms. The maximum atomic E-state index is 13.6. The largest absolute Gasteiger partial charge is 0.337 e. The van der Waals surface area contributed by atoms with Crippen LogP contribution in [0.15, 0.2) is 64.4 Å². The second-order valence-corrected chi connectivity index (χ2v) is 12.1. The molecule has 2 aliphatic heterocycles. The molecular formula is C22H25FN2O5S2. The number of sulfonamides is 1. The Hall–Kier alpha value is -2.30. The number of hydrogen-bond donors (Lipinski definition) is 0. The number of likely N-dealkylation sites (tertiary alicyclic amines) is 1. The Labute approximate surface area is 187 Å². The van der Waals surface area contributed by atoms with Crippen molar-refractivity contribution in [2.45, 2.75) is 47.6 Å². The summed E-state index contributed by atoms with van der Waals surface area (Å²) in [6, 6.07) is 11.4. The van der Waals surface area contributed by atoms with Crippen LogP contribution in [0.1, 0.15) is 25.7 Å². The molecule has 4 rings (SSSR count). The van der Waals surface area contributed by atoms with Crippen LogP contribution in [0.25, 0.3) is 0 Å². The molecule has 0 saturated carbocycles. The van der Waals surface area contributed by atoms with Crippen LogP contribution in [0.4, 0.5) is 4.39 Å². The van der Waals surface area contributed by atoms with Gasteiger partial charge in [-0.25, -0.2) is 21.2 Å². The molecule has 1 amide bonds. The smallest absolute Gasteiger partial charge is 0.243 e. The Morgan fingerprint density at radius 3 is 2.31 bits per heavy atom. The summed E-state index contributed by atoms with van der Waals surface area (Å²) in [5.74, 6) is -1.25. The Morgan fingerprint density at radius 1 is 0.906 bits per heavy atom. The first-order chi connectivity index (χ1) is 15.2. The van der Waals surface area contributed by atoms with E-state index in [1.54, 1.807) is 18.2 Å². The molecule has 172 valence electrons. The number of amides is 1. The van der Waals surface area contributed by atoms with Gasteiger partial charge in [0, 0.05) is 19.1 Å². The van der Waals surface area contributed by atoms with Gasteiger partial charge in [0.1, 0.15) is 11.9 Å². The van der Waals surface area contributed by atoms with E-state index in [0.717, 1.165) is 16.4 Å². The molecule has 2 aromatic carbocycles. The fourth-order valence-corrected chi connectivity index (χ4v) is 7.81. The van der Waals surface area contributed by atoms with Crippen molar-refractivity contribution in [3.63, 3.8) is 0 Å². The summed E-state index contributed by atoms with van der Waals surface area (Å²) >= 11 is 0. The van der Waals surface area contributed by atoms with E-state index >= 15 is 0 Å². The van der Waals surface area contributed by atoms with Gasteiger partial charge in [0.2, 0.25) is 15.9 Å². The van der Waals surface area contributed by atoms with E-state index in [0.29, 0.717) is 32.2 Å². The minimum atomic E-state index is -4.05. The molecule has 10 heteroatoms. The van der Waals surface area contributed by atoms with Crippen LogP contribution in [-0.4, -0.2) is 62.9 Å². The number of halogens is 1. The van der Waals surface area contributed by atoms with Crippen LogP contribution in [0.3, 0.4) is 0 Å². The number of benzene rings is 2. The SMILES string of the molecule is O=C(C1CCCN1S(=O)(=O)c1cccc(F)c1)N1CCCC1CS(=O)(=O)c1ccccc1. The van der Waals surface area contributed by atoms with Gasteiger partial charge in [-0.2, -0.15) is 4.31 Å². The third-order valence-electron chi connectivity index (χ3n) is 6.07. The minimum absolute atomic E-state index is 0.163. The fourth-order valence-electron chi connectivity index (χ4n) is 4.51. The zero-order chi connectivity index (χ0) is 22.9. The van der Waals surface area contributed by atoms with Gasteiger partial charge in [0.05, 0.1) is 15.5 Å². The van der Waals surface area contributed by atoms with Crippen molar-refractivity contribution in [3.8, 4) is 0 Å². The van der Waals surface area contributed by atoms with Crippen LogP contribution < -0.4 is 0 Å². The standard InChI is InChI=1S/C22H25FN2O5S2/c23-17-7-4-11-20(15-17)32(29,30)25-14-6-12-21(25)22(26)24-13-5-8-18(24)16-31(27,28)19-9-2-1-3-10-19/h1-4,7,9-11,15,18,21H,5-6,8,12-14,16H2. The lowest BCUT2D eigenvalue weighted by Crippen LogP contribution is -2.50. The number of rotatable bonds is 6. The molecule has 2 heterocycles. The molecule has 2 aromatic rings. The molecule has 2 fully saturated rings. The molecule has 0 radical (unpaired) electrons. The third kappa shape index (κ3) is 4.44. The molecule has 7 nitrogen and oxygen atoms in total. The molecule has 2 atom stereocenters. The van der Waals surface area contributed by atoms with Crippen LogP contribution in [0.5, 0.6) is 0 Å². The molecule has 0 spiro atoms. The Kier molecular flexibility index (Phi) is 6.37. The van der Waals surface area contributed by atoms with E-state index < -0.39 is 37.8 Å². The molecule has 2 aliphatic rings. The van der Waals surface area contributed by atoms with Gasteiger partial charge in [-0.05, 0) is 56.0 Å². The summed E-state index contributed by atoms with van der Waals surface area (Å²) in [5, 5.41) is 0. The highest BCUT2D eigenvalue weighted by Gasteiger charge is 2.44. The second kappa shape index (κ2) is 8.92. The monoisotopic (exact) mass is 480 g/mol. The first-order valence-electron chi connectivity index (χ1n) is 10.6. The van der Waals surface area contributed by atoms with Gasteiger partial charge in [0.25, 0.3) is 0 Å². The molecule has 0 N–H and O–H groups in total. The van der Waals surface area contributed by atoms with Gasteiger partial charge >= 0.3 is 0 Å². The van der Waals surface area contributed by atoms with E-state index in [1.807, 2.05) is 0 Å². The van der Waals surface area contributed by atoms with Gasteiger partial charge in [0.15, 0.2) is 9.84 Å². The summed E-state index contributed by atoms with van der Waals surface area (Å²) in [6.07, 6.45) is 2.05. The highest BCUT2D eigenvalue weighted by atomic mass is 32.2. The number of carbonyl (C=O) groups excluding carboxylic acids is 1. The summed E-state index contributed by atoms with van der Waals surface area (Å²) in [7, 11) is -7.64. The van der Waals surface area contributed by atoms with Crippen LogP contribution in [-0.2, 0) is 24.7 Å². The van der Waals surface area contributed by atoms with E-state index in [1.165, 1.54) is 29.2 Å². The summed E-state index contributed by atoms with van der Waals surface area (Å²) in [6.45, 7) is 0.550. The van der Waals surface area contributed by atoms with Crippen molar-refractivity contribution in [1.29, 1.82) is 0 Å². The third-order valence-corrected chi connectivity index (χ3v) is 9.78. The van der Waals surface area contributed by atoms with E-state index in [9.17, 15) is 26.0 Å². The highest BCUT2D eigenvalue weighted by Crippen LogP contribution is 2.30. The normalized spacial score (nSPS) is 22.3. The highest BCUT2D eigenvalue weighted by molar-refractivity contribution is 7.91. The number of nitrogens with zero attached hydrogens (tertiary/aromatic N) is 2. The first-order valence-corrected chi connectivity index (χ1v) is 13.6. The van der Waals surface area contributed by atoms with Crippen LogP contribution in [0.2, 0.25) is 0 Å². The molecule has 2 saturated heterocycles. The quantitative estimate of drug-likeness (QED) is 0.633. The first kappa shape index (κ1) is 22.9. The van der Waals surface area contributed by atoms with Crippen molar-refractivity contribution < 1.29 is 26.0 Å². The lowest BCUT2D eigenvalue weighted by molar-refractivity contribution is -0.135. The number of carbonyl (C=O) groups is 1. The van der Waals surface area contributed by atoms with Crippen molar-refractivity contribution in [1.82, 2.24) is 9.21 Å². The van der Waals surface area contributed by atoms with E-state index in [2.05, 4.69) is 0 Å². The maximum absolute atomic E-state index is 13.6. The van der Waals surface area contributed by atoms with Crippen molar-refractivity contribution in [3.05, 3.63) is 60.4 Å². The van der Waals surface area contributed by atoms with Gasteiger partial charge in [-0.15, -0.1) is 0 Å². The van der Waals surface area contributed by atoms with Crippen molar-refractivity contribution >= 4 is 25.8 Å². The van der Waals surface area contributed by atoms with Gasteiger partial charge in [-0.1, -0.05) is 24.3 Å². The van der Waals surface area contributed by atoms with E-state index in [4.69, 9.17) is 0 Å². The molecule has 2 unspecified atom stereocenters. The van der Waals surface area contributed by atoms with Crippen molar-refractivity contribution in [2.75, 3.05) is 18.8 Å². The lowest BCUT2D eigenvalue weighted by Gasteiger charge is -2.31. The predicted octanol–water partition coefficient (Wildman–Crippen LogP) is 2.44. The minimum Gasteiger partial charge on any atom is -0.337 e. The lowest BCUT2D eigenvalue weighted by atomic mass is 10.2. The number of sulfone groups is 1. The Morgan fingerprint density at radius 2 is 1.59 bits per heavy atom. The van der Waals surface area contributed by atoms with Gasteiger partial charge < -0.3 is 4.90 Å². The molecular weight excluding hydrogens is 455 g/mol. The predicted molar refractivity (Wildman–Crippen MR) is 117 cm³/mol. The molecule has 0 aromatic heterocycles.